The highest BCUT2D eigenvalue weighted by molar-refractivity contribution is 6.36. The number of halogens is 1. The molecule has 86 valence electrons. The van der Waals surface area contributed by atoms with Gasteiger partial charge in [-0.2, -0.15) is 0 Å². The second kappa shape index (κ2) is 3.49. The van der Waals surface area contributed by atoms with Crippen molar-refractivity contribution in [2.75, 3.05) is 5.32 Å². The Morgan fingerprint density at radius 3 is 3.18 bits per heavy atom. The molecule has 17 heavy (non-hydrogen) atoms. The van der Waals surface area contributed by atoms with Crippen molar-refractivity contribution in [3.63, 3.8) is 0 Å². The summed E-state index contributed by atoms with van der Waals surface area (Å²) < 4.78 is 5.30. The normalized spacial score (nSPS) is 17.4. The van der Waals surface area contributed by atoms with Gasteiger partial charge in [0.15, 0.2) is 5.75 Å². The standard InChI is InChI=1S/C11H7ClN2O3/c12-6-4-7-9(17-10(14-7)11(15)16)8-5(6)2-1-3-13-8/h1-4,10,14H,(H,15,16). The average molecular weight is 251 g/mol. The second-order valence-corrected chi connectivity index (χ2v) is 4.02. The summed E-state index contributed by atoms with van der Waals surface area (Å²) in [5.74, 6) is -0.654. The van der Waals surface area contributed by atoms with Crippen molar-refractivity contribution in [3.05, 3.63) is 29.4 Å². The van der Waals surface area contributed by atoms with E-state index in [4.69, 9.17) is 21.4 Å². The molecular weight excluding hydrogens is 244 g/mol. The first kappa shape index (κ1) is 10.2. The van der Waals surface area contributed by atoms with Crippen LogP contribution >= 0.6 is 11.6 Å². The van der Waals surface area contributed by atoms with Gasteiger partial charge in [-0.05, 0) is 18.2 Å². The monoisotopic (exact) mass is 250 g/mol. The van der Waals surface area contributed by atoms with Crippen LogP contribution < -0.4 is 10.1 Å². The summed E-state index contributed by atoms with van der Waals surface area (Å²) in [6.07, 6.45) is 0.518. The predicted octanol–water partition coefficient (Wildman–Crippen LogP) is 2.10. The molecule has 1 aromatic heterocycles. The average Bonchev–Trinajstić information content (AvgIpc) is 2.73. The van der Waals surface area contributed by atoms with Crippen LogP contribution in [0, 0.1) is 0 Å². The van der Waals surface area contributed by atoms with Gasteiger partial charge in [-0.1, -0.05) is 11.6 Å². The molecule has 3 rings (SSSR count). The number of aromatic nitrogens is 1. The van der Waals surface area contributed by atoms with Gasteiger partial charge in [0.25, 0.3) is 6.23 Å². The molecule has 1 unspecified atom stereocenters. The van der Waals surface area contributed by atoms with E-state index in [9.17, 15) is 4.79 Å². The van der Waals surface area contributed by atoms with Gasteiger partial charge in [-0.3, -0.25) is 4.98 Å². The minimum absolute atomic E-state index is 0.428. The number of carboxylic acids is 1. The molecule has 0 saturated heterocycles. The van der Waals surface area contributed by atoms with Crippen LogP contribution in [0.25, 0.3) is 10.9 Å². The second-order valence-electron chi connectivity index (χ2n) is 3.62. The zero-order chi connectivity index (χ0) is 12.0. The number of nitrogens with zero attached hydrogens (tertiary/aromatic N) is 1. The van der Waals surface area contributed by atoms with E-state index in [1.165, 1.54) is 0 Å². The summed E-state index contributed by atoms with van der Waals surface area (Å²) in [6.45, 7) is 0. The van der Waals surface area contributed by atoms with Crippen LogP contribution in [0.1, 0.15) is 0 Å². The van der Waals surface area contributed by atoms with Gasteiger partial charge in [0.2, 0.25) is 0 Å². The largest absolute Gasteiger partial charge is 0.477 e. The highest BCUT2D eigenvalue weighted by Gasteiger charge is 2.30. The number of anilines is 1. The number of fused-ring (bicyclic) bond motifs is 3. The molecule has 1 aromatic carbocycles. The molecule has 1 atom stereocenters. The number of benzene rings is 1. The molecule has 0 bridgehead atoms. The fraction of sp³-hybridized carbons (Fsp3) is 0.0909. The lowest BCUT2D eigenvalue weighted by Crippen LogP contribution is -2.30. The predicted molar refractivity (Wildman–Crippen MR) is 62.4 cm³/mol. The van der Waals surface area contributed by atoms with Crippen LogP contribution in [0.15, 0.2) is 24.4 Å². The summed E-state index contributed by atoms with van der Waals surface area (Å²) in [5, 5.41) is 12.9. The van der Waals surface area contributed by atoms with Crippen molar-refractivity contribution in [3.8, 4) is 5.75 Å². The SMILES string of the molecule is O=C(O)C1Nc2cc(Cl)c3cccnc3c2O1. The molecule has 2 heterocycles. The summed E-state index contributed by atoms with van der Waals surface area (Å²) in [7, 11) is 0. The van der Waals surface area contributed by atoms with E-state index in [2.05, 4.69) is 10.3 Å². The Balaban J connectivity index is 2.23. The number of pyridine rings is 1. The number of hydrogen-bond acceptors (Lipinski definition) is 4. The number of ether oxygens (including phenoxy) is 1. The fourth-order valence-corrected chi connectivity index (χ4v) is 2.07. The Hall–Kier alpha value is -2.01. The van der Waals surface area contributed by atoms with E-state index in [0.29, 0.717) is 22.0 Å². The maximum Gasteiger partial charge on any atom is 0.366 e. The van der Waals surface area contributed by atoms with Crippen molar-refractivity contribution in [1.29, 1.82) is 0 Å². The molecule has 5 nitrogen and oxygen atoms in total. The Morgan fingerprint density at radius 1 is 1.59 bits per heavy atom. The maximum absolute atomic E-state index is 10.9. The smallest absolute Gasteiger partial charge is 0.366 e. The number of aliphatic carboxylic acids is 1. The number of hydrogen-bond donors (Lipinski definition) is 2. The van der Waals surface area contributed by atoms with Crippen LogP contribution in [0.3, 0.4) is 0 Å². The van der Waals surface area contributed by atoms with E-state index >= 15 is 0 Å². The van der Waals surface area contributed by atoms with Crippen LogP contribution in [-0.4, -0.2) is 22.3 Å². The summed E-state index contributed by atoms with van der Waals surface area (Å²) in [5.41, 5.74) is 1.11. The first-order valence-electron chi connectivity index (χ1n) is 4.90. The zero-order valence-corrected chi connectivity index (χ0v) is 9.23. The topological polar surface area (TPSA) is 71.5 Å². The Labute approximate surface area is 101 Å². The third kappa shape index (κ3) is 1.47. The third-order valence-corrected chi connectivity index (χ3v) is 2.86. The highest BCUT2D eigenvalue weighted by atomic mass is 35.5. The van der Waals surface area contributed by atoms with Crippen molar-refractivity contribution in [1.82, 2.24) is 4.98 Å². The van der Waals surface area contributed by atoms with Crippen LogP contribution in [0.5, 0.6) is 5.75 Å². The molecule has 1 aliphatic heterocycles. The molecule has 2 N–H and O–H groups in total. The number of rotatable bonds is 1. The third-order valence-electron chi connectivity index (χ3n) is 2.54. The molecule has 0 radical (unpaired) electrons. The van der Waals surface area contributed by atoms with Crippen molar-refractivity contribution >= 4 is 34.2 Å². The van der Waals surface area contributed by atoms with Crippen molar-refractivity contribution in [2.45, 2.75) is 6.23 Å². The lowest BCUT2D eigenvalue weighted by Gasteiger charge is -2.05. The summed E-state index contributed by atoms with van der Waals surface area (Å²) in [6, 6.07) is 5.21. The van der Waals surface area contributed by atoms with Gasteiger partial charge >= 0.3 is 5.97 Å². The molecule has 0 aliphatic carbocycles. The molecule has 0 fully saturated rings. The minimum atomic E-state index is -1.09. The van der Waals surface area contributed by atoms with E-state index in [1.54, 1.807) is 18.3 Å². The molecular formula is C11H7ClN2O3. The van der Waals surface area contributed by atoms with Crippen molar-refractivity contribution < 1.29 is 14.6 Å². The summed E-state index contributed by atoms with van der Waals surface area (Å²) in [4.78, 5) is 15.0. The van der Waals surface area contributed by atoms with Crippen LogP contribution in [0.4, 0.5) is 5.69 Å². The van der Waals surface area contributed by atoms with Gasteiger partial charge in [-0.15, -0.1) is 0 Å². The quantitative estimate of drug-likeness (QED) is 0.811. The molecule has 0 saturated carbocycles. The minimum Gasteiger partial charge on any atom is -0.477 e. The van der Waals surface area contributed by atoms with Crippen molar-refractivity contribution in [2.24, 2.45) is 0 Å². The van der Waals surface area contributed by atoms with Gasteiger partial charge in [0.1, 0.15) is 5.52 Å². The van der Waals surface area contributed by atoms with Gasteiger partial charge in [0.05, 0.1) is 10.7 Å². The van der Waals surface area contributed by atoms with Crippen LogP contribution in [-0.2, 0) is 4.79 Å². The van der Waals surface area contributed by atoms with Gasteiger partial charge < -0.3 is 15.2 Å². The molecule has 6 heteroatoms. The van der Waals surface area contributed by atoms with E-state index in [-0.39, 0.29) is 0 Å². The highest BCUT2D eigenvalue weighted by Crippen LogP contribution is 2.41. The van der Waals surface area contributed by atoms with E-state index in [0.717, 1.165) is 5.39 Å². The molecule has 1 aliphatic rings. The first-order valence-corrected chi connectivity index (χ1v) is 5.28. The Bertz CT molecular complexity index is 629. The number of nitrogens with one attached hydrogen (secondary N) is 1. The Morgan fingerprint density at radius 2 is 2.41 bits per heavy atom. The lowest BCUT2D eigenvalue weighted by molar-refractivity contribution is -0.143. The molecule has 2 aromatic rings. The van der Waals surface area contributed by atoms with E-state index < -0.39 is 12.2 Å². The molecule has 0 spiro atoms. The number of carboxylic acid groups (broad SMARTS) is 1. The fourth-order valence-electron chi connectivity index (χ4n) is 1.80. The van der Waals surface area contributed by atoms with Crippen LogP contribution in [0.2, 0.25) is 5.02 Å². The molecule has 0 amide bonds. The summed E-state index contributed by atoms with van der Waals surface area (Å²) >= 11 is 6.09. The lowest BCUT2D eigenvalue weighted by atomic mass is 10.2. The van der Waals surface area contributed by atoms with Gasteiger partial charge in [-0.25, -0.2) is 4.79 Å². The van der Waals surface area contributed by atoms with Gasteiger partial charge in [0, 0.05) is 11.6 Å². The zero-order valence-electron chi connectivity index (χ0n) is 8.48. The number of carbonyl (C=O) groups is 1. The Kier molecular flexibility index (Phi) is 2.09. The maximum atomic E-state index is 10.9. The first-order chi connectivity index (χ1) is 8.16. The van der Waals surface area contributed by atoms with E-state index in [1.807, 2.05) is 6.07 Å².